The Balaban J connectivity index is 1.41. The first-order chi connectivity index (χ1) is 12.3. The van der Waals surface area contributed by atoms with E-state index in [1.807, 2.05) is 0 Å². The van der Waals surface area contributed by atoms with Crippen molar-refractivity contribution in [3.05, 3.63) is 22.7 Å². The molecule has 0 N–H and O–H groups in total. The Morgan fingerprint density at radius 1 is 1.20 bits per heavy atom. The monoisotopic (exact) mass is 373 g/mol. The van der Waals surface area contributed by atoms with E-state index in [1.54, 1.807) is 22.6 Å². The summed E-state index contributed by atoms with van der Waals surface area (Å²) in [4.78, 5) is 24.8. The van der Waals surface area contributed by atoms with Gasteiger partial charge in [-0.3, -0.25) is 4.79 Å². The quantitative estimate of drug-likeness (QED) is 0.650. The van der Waals surface area contributed by atoms with Gasteiger partial charge in [-0.2, -0.15) is 0 Å². The molecule has 1 fully saturated rings. The molecule has 3 aromatic rings. The molecule has 25 heavy (non-hydrogen) atoms. The number of aryl methyl sites for hydroxylation is 2. The van der Waals surface area contributed by atoms with Crippen LogP contribution in [-0.4, -0.2) is 37.5 Å². The number of hydrogen-bond acceptors (Lipinski definition) is 8. The van der Waals surface area contributed by atoms with Crippen LogP contribution in [0.25, 0.3) is 10.2 Å². The summed E-state index contributed by atoms with van der Waals surface area (Å²) in [5.74, 6) is 0.623. The van der Waals surface area contributed by atoms with Gasteiger partial charge in [0.05, 0.1) is 6.54 Å². The van der Waals surface area contributed by atoms with Gasteiger partial charge < -0.3 is 9.32 Å². The third kappa shape index (κ3) is 2.71. The van der Waals surface area contributed by atoms with Crippen LogP contribution in [0.1, 0.15) is 35.6 Å². The van der Waals surface area contributed by atoms with Gasteiger partial charge in [-0.15, -0.1) is 21.5 Å². The number of thiophene rings is 1. The summed E-state index contributed by atoms with van der Waals surface area (Å²) in [5.41, 5.74) is 1.38. The average molecular weight is 373 g/mol. The molecule has 0 atom stereocenters. The van der Waals surface area contributed by atoms with Crippen LogP contribution in [-0.2, 0) is 24.2 Å². The van der Waals surface area contributed by atoms with Crippen molar-refractivity contribution in [1.82, 2.24) is 25.1 Å². The lowest BCUT2D eigenvalue weighted by Gasteiger charge is -2.11. The van der Waals surface area contributed by atoms with Gasteiger partial charge in [0.2, 0.25) is 11.8 Å². The fourth-order valence-corrected chi connectivity index (χ4v) is 5.54. The Morgan fingerprint density at radius 3 is 3.04 bits per heavy atom. The second-order valence-electron chi connectivity index (χ2n) is 6.20. The molecule has 1 amide bonds. The van der Waals surface area contributed by atoms with Crippen LogP contribution in [0.4, 0.5) is 0 Å². The third-order valence-corrected chi connectivity index (χ3v) is 6.64. The zero-order valence-corrected chi connectivity index (χ0v) is 15.0. The molecule has 5 rings (SSSR count). The molecule has 0 bridgehead atoms. The van der Waals surface area contributed by atoms with Crippen molar-refractivity contribution >= 4 is 39.2 Å². The summed E-state index contributed by atoms with van der Waals surface area (Å²) < 4.78 is 5.73. The number of carbonyl (C=O) groups is 1. The summed E-state index contributed by atoms with van der Waals surface area (Å²) in [5, 5.41) is 10.7. The fraction of sp³-hybridized carbons (Fsp3) is 0.438. The highest BCUT2D eigenvalue weighted by Crippen LogP contribution is 2.41. The molecule has 1 aliphatic carbocycles. The minimum atomic E-state index is 0.152. The molecule has 3 aromatic heterocycles. The van der Waals surface area contributed by atoms with Crippen LogP contribution in [0.2, 0.25) is 0 Å². The number of fused-ring (bicyclic) bond motifs is 3. The zero-order valence-electron chi connectivity index (χ0n) is 13.4. The highest BCUT2D eigenvalue weighted by atomic mass is 32.2. The lowest BCUT2D eigenvalue weighted by atomic mass is 10.2. The number of carbonyl (C=O) groups excluding carboxylic acids is 1. The summed E-state index contributed by atoms with van der Waals surface area (Å²) in [6.07, 6.45) is 6.52. The Labute approximate surface area is 151 Å². The molecule has 2 aliphatic rings. The van der Waals surface area contributed by atoms with E-state index in [9.17, 15) is 4.79 Å². The van der Waals surface area contributed by atoms with Gasteiger partial charge in [-0.1, -0.05) is 0 Å². The van der Waals surface area contributed by atoms with Crippen LogP contribution in [0.3, 0.4) is 0 Å². The standard InChI is InChI=1S/C16H15N5O2S2/c22-12-5-2-6-21(12)7-11-19-20-16(23-11)25-15-13-9-3-1-4-10(9)24-14(13)17-8-18-15/h8H,1-7H2. The van der Waals surface area contributed by atoms with Crippen LogP contribution < -0.4 is 0 Å². The highest BCUT2D eigenvalue weighted by molar-refractivity contribution is 7.99. The maximum absolute atomic E-state index is 11.7. The van der Waals surface area contributed by atoms with E-state index in [2.05, 4.69) is 20.2 Å². The average Bonchev–Trinajstić information content (AvgIpc) is 3.34. The van der Waals surface area contributed by atoms with Crippen LogP contribution in [0.15, 0.2) is 21.0 Å². The molecule has 128 valence electrons. The Bertz CT molecular complexity index is 967. The van der Waals surface area contributed by atoms with E-state index in [4.69, 9.17) is 4.42 Å². The molecule has 0 aromatic carbocycles. The van der Waals surface area contributed by atoms with Crippen molar-refractivity contribution < 1.29 is 9.21 Å². The summed E-state index contributed by atoms with van der Waals surface area (Å²) >= 11 is 3.14. The first-order valence-corrected chi connectivity index (χ1v) is 9.94. The molecule has 1 aliphatic heterocycles. The van der Waals surface area contributed by atoms with Crippen LogP contribution in [0.5, 0.6) is 0 Å². The van der Waals surface area contributed by atoms with Crippen molar-refractivity contribution in [3.8, 4) is 0 Å². The summed E-state index contributed by atoms with van der Waals surface area (Å²) in [7, 11) is 0. The summed E-state index contributed by atoms with van der Waals surface area (Å²) in [6, 6.07) is 0. The number of rotatable bonds is 4. The number of likely N-dealkylation sites (tertiary alicyclic amines) is 1. The normalized spacial score (nSPS) is 17.0. The molecule has 4 heterocycles. The lowest BCUT2D eigenvalue weighted by molar-refractivity contribution is -0.128. The predicted octanol–water partition coefficient (Wildman–Crippen LogP) is 2.84. The highest BCUT2D eigenvalue weighted by Gasteiger charge is 2.24. The Hall–Kier alpha value is -2.00. The second kappa shape index (κ2) is 6.06. The Morgan fingerprint density at radius 2 is 2.16 bits per heavy atom. The molecule has 0 spiro atoms. The number of nitrogens with zero attached hydrogens (tertiary/aromatic N) is 5. The van der Waals surface area contributed by atoms with Gasteiger partial charge in [0.1, 0.15) is 16.2 Å². The fourth-order valence-electron chi connectivity index (χ4n) is 3.44. The van der Waals surface area contributed by atoms with Gasteiger partial charge >= 0.3 is 0 Å². The molecular weight excluding hydrogens is 358 g/mol. The topological polar surface area (TPSA) is 85.0 Å². The van der Waals surface area contributed by atoms with Crippen molar-refractivity contribution in [2.24, 2.45) is 0 Å². The first kappa shape index (κ1) is 15.3. The molecular formula is C16H15N5O2S2. The molecule has 1 saturated heterocycles. The van der Waals surface area contributed by atoms with Gasteiger partial charge in [0.25, 0.3) is 5.22 Å². The largest absolute Gasteiger partial charge is 0.414 e. The number of aromatic nitrogens is 4. The molecule has 7 nitrogen and oxygen atoms in total. The van der Waals surface area contributed by atoms with Gasteiger partial charge in [0.15, 0.2) is 0 Å². The lowest BCUT2D eigenvalue weighted by Crippen LogP contribution is -2.23. The SMILES string of the molecule is O=C1CCCN1Cc1nnc(Sc2ncnc3sc4c(c23)CCC4)o1. The van der Waals surface area contributed by atoms with Gasteiger partial charge in [0, 0.05) is 23.2 Å². The summed E-state index contributed by atoms with van der Waals surface area (Å²) in [6.45, 7) is 1.15. The van der Waals surface area contributed by atoms with Crippen LogP contribution in [0, 0.1) is 0 Å². The van der Waals surface area contributed by atoms with Crippen molar-refractivity contribution in [2.75, 3.05) is 6.54 Å². The van der Waals surface area contributed by atoms with Gasteiger partial charge in [-0.05, 0) is 43.0 Å². The predicted molar refractivity (Wildman–Crippen MR) is 92.5 cm³/mol. The maximum atomic E-state index is 11.7. The zero-order chi connectivity index (χ0) is 16.8. The minimum Gasteiger partial charge on any atom is -0.414 e. The van der Waals surface area contributed by atoms with Gasteiger partial charge in [-0.25, -0.2) is 9.97 Å². The number of amides is 1. The van der Waals surface area contributed by atoms with E-state index in [1.165, 1.54) is 28.6 Å². The van der Waals surface area contributed by atoms with E-state index < -0.39 is 0 Å². The van der Waals surface area contributed by atoms with E-state index >= 15 is 0 Å². The molecule has 0 saturated carbocycles. The van der Waals surface area contributed by atoms with E-state index in [-0.39, 0.29) is 5.91 Å². The third-order valence-electron chi connectivity index (χ3n) is 4.60. The van der Waals surface area contributed by atoms with E-state index in [0.29, 0.717) is 24.1 Å². The first-order valence-electron chi connectivity index (χ1n) is 8.31. The molecule has 9 heteroatoms. The smallest absolute Gasteiger partial charge is 0.283 e. The molecule has 0 radical (unpaired) electrons. The van der Waals surface area contributed by atoms with Crippen molar-refractivity contribution in [3.63, 3.8) is 0 Å². The molecule has 0 unspecified atom stereocenters. The minimum absolute atomic E-state index is 0.152. The second-order valence-corrected chi connectivity index (χ2v) is 8.22. The number of hydrogen-bond donors (Lipinski definition) is 0. The maximum Gasteiger partial charge on any atom is 0.283 e. The van der Waals surface area contributed by atoms with E-state index in [0.717, 1.165) is 41.0 Å². The van der Waals surface area contributed by atoms with Crippen LogP contribution >= 0.6 is 23.1 Å². The van der Waals surface area contributed by atoms with Crippen molar-refractivity contribution in [2.45, 2.75) is 48.9 Å². The van der Waals surface area contributed by atoms with Crippen molar-refractivity contribution in [1.29, 1.82) is 0 Å². The Kier molecular flexibility index (Phi) is 3.70.